The van der Waals surface area contributed by atoms with Crippen LogP contribution in [0, 0.1) is 22.2 Å². The Labute approximate surface area is 100 Å². The van der Waals surface area contributed by atoms with Crippen molar-refractivity contribution in [1.82, 2.24) is 0 Å². The normalized spacial score (nSPS) is 60.3. The van der Waals surface area contributed by atoms with Gasteiger partial charge in [0.2, 0.25) is 0 Å². The molecule has 66 valence electrons. The zero-order chi connectivity index (χ0) is 8.78. The molecule has 0 saturated heterocycles. The predicted molar refractivity (Wildman–Crippen MR) is 41.0 cm³/mol. The van der Waals surface area contributed by atoms with Gasteiger partial charge in [-0.3, -0.25) is 0 Å². The molecule has 0 amide bonds. The fourth-order valence-electron chi connectivity index (χ4n) is 4.67. The molecule has 3 heteroatoms. The summed E-state index contributed by atoms with van der Waals surface area (Å²) in [7, 11) is 0. The number of rotatable bonds is 1. The second kappa shape index (κ2) is 2.17. The number of aliphatic carboxylic acids is 1. The molecule has 0 spiro atoms. The summed E-state index contributed by atoms with van der Waals surface area (Å²) in [5.41, 5.74) is 0.0400. The van der Waals surface area contributed by atoms with E-state index >= 15 is 0 Å². The third-order valence-corrected chi connectivity index (χ3v) is 5.55. The standard InChI is InChI=1S/C10H14O2.Na/c1-8-5-10(7(11)12)6(8)3-4-9(8,10)2;/h6H,3-5H2,1-2H3,(H,11,12);/q;+1/p-1. The maximum Gasteiger partial charge on any atom is 1.00 e. The van der Waals surface area contributed by atoms with Crippen molar-refractivity contribution in [2.45, 2.75) is 33.1 Å². The first-order valence-electron chi connectivity index (χ1n) is 4.70. The molecule has 4 atom stereocenters. The number of carboxylic acid groups (broad SMARTS) is 1. The quantitative estimate of drug-likeness (QED) is 0.429. The summed E-state index contributed by atoms with van der Waals surface area (Å²) in [6.45, 7) is 4.38. The summed E-state index contributed by atoms with van der Waals surface area (Å²) < 4.78 is 0. The molecule has 5 aliphatic rings. The van der Waals surface area contributed by atoms with Crippen molar-refractivity contribution in [3.63, 3.8) is 0 Å². The Morgan fingerprint density at radius 1 is 1.46 bits per heavy atom. The first-order chi connectivity index (χ1) is 5.49. The summed E-state index contributed by atoms with van der Waals surface area (Å²) >= 11 is 0. The average molecular weight is 188 g/mol. The minimum absolute atomic E-state index is 0. The van der Waals surface area contributed by atoms with Crippen LogP contribution in [-0.2, 0) is 4.79 Å². The van der Waals surface area contributed by atoms with Gasteiger partial charge in [0.15, 0.2) is 0 Å². The molecule has 0 heterocycles. The van der Waals surface area contributed by atoms with Crippen LogP contribution in [0.1, 0.15) is 33.1 Å². The van der Waals surface area contributed by atoms with Gasteiger partial charge in [-0.25, -0.2) is 0 Å². The van der Waals surface area contributed by atoms with Gasteiger partial charge >= 0.3 is 29.6 Å². The largest absolute Gasteiger partial charge is 1.00 e. The Balaban J connectivity index is 0.000000653. The molecule has 0 N–H and O–H groups in total. The summed E-state index contributed by atoms with van der Waals surface area (Å²) in [4.78, 5) is 11.0. The van der Waals surface area contributed by atoms with Gasteiger partial charge in [0.05, 0.1) is 0 Å². The fraction of sp³-hybridized carbons (Fsp3) is 0.900. The molecule has 4 bridgehead atoms. The molecule has 0 aliphatic heterocycles. The van der Waals surface area contributed by atoms with E-state index in [9.17, 15) is 9.90 Å². The second-order valence-corrected chi connectivity index (χ2v) is 5.28. The fourth-order valence-corrected chi connectivity index (χ4v) is 4.67. The van der Waals surface area contributed by atoms with Crippen LogP contribution < -0.4 is 34.7 Å². The molecular formula is C10H13NaO2. The third kappa shape index (κ3) is 0.582. The van der Waals surface area contributed by atoms with Gasteiger partial charge in [0.25, 0.3) is 0 Å². The number of carbonyl (C=O) groups excluding carboxylic acids is 1. The van der Waals surface area contributed by atoms with Crippen LogP contribution in [0.2, 0.25) is 0 Å². The zero-order valence-electron chi connectivity index (χ0n) is 8.52. The maximum atomic E-state index is 11.0. The third-order valence-electron chi connectivity index (χ3n) is 5.55. The number of hydrogen-bond donors (Lipinski definition) is 0. The van der Waals surface area contributed by atoms with Crippen molar-refractivity contribution in [3.8, 4) is 0 Å². The SMILES string of the molecule is CC12CC3(C(=O)[O-])C1CCC23C.[Na+]. The molecule has 2 nitrogen and oxygen atoms in total. The predicted octanol–water partition coefficient (Wildman–Crippen LogP) is -2.43. The van der Waals surface area contributed by atoms with Crippen molar-refractivity contribution in [3.05, 3.63) is 0 Å². The number of carbonyl (C=O) groups is 1. The van der Waals surface area contributed by atoms with Crippen LogP contribution in [0.25, 0.3) is 0 Å². The zero-order valence-corrected chi connectivity index (χ0v) is 10.5. The minimum atomic E-state index is -0.781. The molecule has 0 radical (unpaired) electrons. The van der Waals surface area contributed by atoms with Gasteiger partial charge in [-0.2, -0.15) is 0 Å². The topological polar surface area (TPSA) is 40.1 Å². The van der Waals surface area contributed by atoms with E-state index in [1.165, 1.54) is 0 Å². The van der Waals surface area contributed by atoms with Crippen LogP contribution in [0.5, 0.6) is 0 Å². The molecule has 5 aliphatic carbocycles. The van der Waals surface area contributed by atoms with E-state index in [4.69, 9.17) is 0 Å². The Kier molecular flexibility index (Phi) is 1.67. The van der Waals surface area contributed by atoms with E-state index in [2.05, 4.69) is 13.8 Å². The van der Waals surface area contributed by atoms with Crippen LogP contribution in [-0.4, -0.2) is 5.97 Å². The van der Waals surface area contributed by atoms with Gasteiger partial charge in [-0.15, -0.1) is 0 Å². The Bertz CT molecular complexity index is 303. The molecule has 5 fully saturated rings. The molecule has 0 aromatic carbocycles. The van der Waals surface area contributed by atoms with Gasteiger partial charge in [-0.1, -0.05) is 13.8 Å². The van der Waals surface area contributed by atoms with Gasteiger partial charge in [0, 0.05) is 11.4 Å². The monoisotopic (exact) mass is 188 g/mol. The van der Waals surface area contributed by atoms with E-state index < -0.39 is 11.4 Å². The van der Waals surface area contributed by atoms with E-state index in [-0.39, 0.29) is 35.0 Å². The van der Waals surface area contributed by atoms with Crippen LogP contribution >= 0.6 is 0 Å². The van der Waals surface area contributed by atoms with Crippen molar-refractivity contribution >= 4 is 5.97 Å². The Morgan fingerprint density at radius 2 is 2.08 bits per heavy atom. The molecule has 0 aromatic heterocycles. The van der Waals surface area contributed by atoms with E-state index in [1.807, 2.05) is 0 Å². The summed E-state index contributed by atoms with van der Waals surface area (Å²) in [6.07, 6.45) is 3.09. The molecule has 13 heavy (non-hydrogen) atoms. The molecule has 5 rings (SSSR count). The van der Waals surface area contributed by atoms with Gasteiger partial charge in [-0.05, 0) is 36.0 Å². The van der Waals surface area contributed by atoms with E-state index in [0.717, 1.165) is 19.3 Å². The first kappa shape index (κ1) is 10.0. The van der Waals surface area contributed by atoms with Crippen LogP contribution in [0.4, 0.5) is 0 Å². The molecule has 5 saturated carbocycles. The number of fused-ring (bicyclic) bond motifs is 1. The maximum absolute atomic E-state index is 11.0. The summed E-state index contributed by atoms with van der Waals surface area (Å²) in [5, 5.41) is 11.0. The second-order valence-electron chi connectivity index (χ2n) is 5.28. The first-order valence-corrected chi connectivity index (χ1v) is 4.70. The smallest absolute Gasteiger partial charge is 0.550 e. The minimum Gasteiger partial charge on any atom is -0.550 e. The number of hydrogen-bond acceptors (Lipinski definition) is 2. The Morgan fingerprint density at radius 3 is 2.31 bits per heavy atom. The van der Waals surface area contributed by atoms with E-state index in [1.54, 1.807) is 0 Å². The molecule has 4 unspecified atom stereocenters. The number of carboxylic acids is 1. The van der Waals surface area contributed by atoms with Gasteiger partial charge < -0.3 is 9.90 Å². The van der Waals surface area contributed by atoms with Crippen molar-refractivity contribution < 1.29 is 39.5 Å². The summed E-state index contributed by atoms with van der Waals surface area (Å²) in [6, 6.07) is 0. The van der Waals surface area contributed by atoms with Gasteiger partial charge in [0.1, 0.15) is 0 Å². The molecule has 0 aromatic rings. The van der Waals surface area contributed by atoms with Crippen LogP contribution in [0.15, 0.2) is 0 Å². The van der Waals surface area contributed by atoms with E-state index in [0.29, 0.717) is 11.3 Å². The van der Waals surface area contributed by atoms with Crippen molar-refractivity contribution in [2.24, 2.45) is 22.2 Å². The Hall–Kier alpha value is 0.470. The summed E-state index contributed by atoms with van der Waals surface area (Å²) in [5.74, 6) is -0.337. The molecular weight excluding hydrogens is 175 g/mol. The van der Waals surface area contributed by atoms with Crippen LogP contribution in [0.3, 0.4) is 0 Å². The van der Waals surface area contributed by atoms with Crippen molar-refractivity contribution in [1.29, 1.82) is 0 Å². The van der Waals surface area contributed by atoms with Crippen molar-refractivity contribution in [2.75, 3.05) is 0 Å². The average Bonchev–Trinajstić information content (AvgIpc) is 2.33.